The van der Waals surface area contributed by atoms with Crippen molar-refractivity contribution in [2.75, 3.05) is 52.4 Å². The molecule has 0 aromatic rings. The number of hydrogen-bond donors (Lipinski definition) is 2. The van der Waals surface area contributed by atoms with E-state index in [1.165, 1.54) is 32.4 Å². The van der Waals surface area contributed by atoms with Crippen LogP contribution in [0.1, 0.15) is 26.2 Å². The summed E-state index contributed by atoms with van der Waals surface area (Å²) >= 11 is 0. The first-order valence-corrected chi connectivity index (χ1v) is 7.61. The molecule has 2 fully saturated rings. The summed E-state index contributed by atoms with van der Waals surface area (Å²) in [4.78, 5) is 4.84. The maximum Gasteiger partial charge on any atom is 0.0793 e. The smallest absolute Gasteiger partial charge is 0.0793 e. The molecule has 2 saturated heterocycles. The molecule has 2 heterocycles. The Kier molecular flexibility index (Phi) is 5.89. The highest BCUT2D eigenvalue weighted by atomic mass is 16.3. The van der Waals surface area contributed by atoms with E-state index >= 15 is 0 Å². The molecule has 2 rings (SSSR count). The van der Waals surface area contributed by atoms with Gasteiger partial charge in [-0.05, 0) is 25.3 Å². The van der Waals surface area contributed by atoms with Gasteiger partial charge in [0.1, 0.15) is 0 Å². The number of aliphatic hydroxyl groups excluding tert-OH is 1. The van der Waals surface area contributed by atoms with Gasteiger partial charge >= 0.3 is 0 Å². The van der Waals surface area contributed by atoms with Gasteiger partial charge < -0.3 is 15.3 Å². The van der Waals surface area contributed by atoms with Crippen LogP contribution in [-0.4, -0.2) is 73.4 Å². The fourth-order valence-electron chi connectivity index (χ4n) is 3.20. The Morgan fingerprint density at radius 1 is 1.17 bits per heavy atom. The monoisotopic (exact) mass is 255 g/mol. The minimum atomic E-state index is -0.182. The van der Waals surface area contributed by atoms with Crippen LogP contribution in [0.4, 0.5) is 0 Å². The van der Waals surface area contributed by atoms with Crippen LogP contribution in [0.15, 0.2) is 0 Å². The summed E-state index contributed by atoms with van der Waals surface area (Å²) in [5.74, 6) is 0.852. The highest BCUT2D eigenvalue weighted by Crippen LogP contribution is 2.19. The van der Waals surface area contributed by atoms with Crippen LogP contribution in [0.25, 0.3) is 0 Å². The van der Waals surface area contributed by atoms with Crippen molar-refractivity contribution in [3.8, 4) is 0 Å². The van der Waals surface area contributed by atoms with Crippen molar-refractivity contribution in [2.45, 2.75) is 32.3 Å². The molecule has 2 aliphatic heterocycles. The lowest BCUT2D eigenvalue weighted by Gasteiger charge is -2.35. The van der Waals surface area contributed by atoms with E-state index < -0.39 is 0 Å². The first kappa shape index (κ1) is 14.3. The number of hydrogen-bond acceptors (Lipinski definition) is 4. The molecule has 4 nitrogen and oxygen atoms in total. The third kappa shape index (κ3) is 4.50. The molecular formula is C14H29N3O. The summed E-state index contributed by atoms with van der Waals surface area (Å²) in [5, 5.41) is 13.6. The van der Waals surface area contributed by atoms with E-state index in [9.17, 15) is 5.11 Å². The Morgan fingerprint density at radius 3 is 2.61 bits per heavy atom. The van der Waals surface area contributed by atoms with Crippen LogP contribution in [0.2, 0.25) is 0 Å². The van der Waals surface area contributed by atoms with Crippen molar-refractivity contribution in [1.82, 2.24) is 15.1 Å². The standard InChI is InChI=1S/C14H29N3O/c1-2-13-4-3-7-17(10-13)12-14(18)11-16-8-5-15-6-9-16/h13-15,18H,2-12H2,1H3. The molecule has 2 aliphatic rings. The van der Waals surface area contributed by atoms with E-state index in [1.807, 2.05) is 0 Å². The van der Waals surface area contributed by atoms with Crippen LogP contribution in [0, 0.1) is 5.92 Å². The Hall–Kier alpha value is -0.160. The van der Waals surface area contributed by atoms with Crippen LogP contribution in [0.5, 0.6) is 0 Å². The molecule has 0 amide bonds. The SMILES string of the molecule is CCC1CCCN(CC(O)CN2CCNCC2)C1. The first-order valence-electron chi connectivity index (χ1n) is 7.61. The molecule has 4 heteroatoms. The second-order valence-electron chi connectivity index (χ2n) is 5.88. The van der Waals surface area contributed by atoms with Crippen molar-refractivity contribution >= 4 is 0 Å². The van der Waals surface area contributed by atoms with E-state index in [0.717, 1.165) is 45.2 Å². The van der Waals surface area contributed by atoms with E-state index in [1.54, 1.807) is 0 Å². The van der Waals surface area contributed by atoms with Crippen LogP contribution in [-0.2, 0) is 0 Å². The quantitative estimate of drug-likeness (QED) is 0.745. The van der Waals surface area contributed by atoms with Crippen LogP contribution in [0.3, 0.4) is 0 Å². The number of rotatable bonds is 5. The zero-order chi connectivity index (χ0) is 12.8. The fraction of sp³-hybridized carbons (Fsp3) is 1.00. The lowest BCUT2D eigenvalue weighted by Crippen LogP contribution is -2.49. The maximum absolute atomic E-state index is 10.2. The van der Waals surface area contributed by atoms with Gasteiger partial charge in [0, 0.05) is 45.8 Å². The predicted octanol–water partition coefficient (Wildman–Crippen LogP) is 0.375. The Labute approximate surface area is 111 Å². The largest absolute Gasteiger partial charge is 0.390 e. The first-order chi connectivity index (χ1) is 8.78. The molecule has 0 bridgehead atoms. The van der Waals surface area contributed by atoms with Gasteiger partial charge in [0.2, 0.25) is 0 Å². The summed E-state index contributed by atoms with van der Waals surface area (Å²) in [7, 11) is 0. The highest BCUT2D eigenvalue weighted by molar-refractivity contribution is 4.77. The van der Waals surface area contributed by atoms with Gasteiger partial charge in [-0.3, -0.25) is 4.90 Å². The Morgan fingerprint density at radius 2 is 1.89 bits per heavy atom. The number of nitrogens with one attached hydrogen (secondary N) is 1. The summed E-state index contributed by atoms with van der Waals surface area (Å²) in [6.45, 7) is 10.6. The Balaban J connectivity index is 1.67. The molecular weight excluding hydrogens is 226 g/mol. The van der Waals surface area contributed by atoms with E-state index in [0.29, 0.717) is 0 Å². The van der Waals surface area contributed by atoms with Gasteiger partial charge in [-0.15, -0.1) is 0 Å². The van der Waals surface area contributed by atoms with Crippen molar-refractivity contribution in [3.63, 3.8) is 0 Å². The summed E-state index contributed by atoms with van der Waals surface area (Å²) in [5.41, 5.74) is 0. The molecule has 2 atom stereocenters. The zero-order valence-electron chi connectivity index (χ0n) is 11.8. The van der Waals surface area contributed by atoms with Crippen LogP contribution < -0.4 is 5.32 Å². The fourth-order valence-corrected chi connectivity index (χ4v) is 3.20. The number of piperazine rings is 1. The van der Waals surface area contributed by atoms with Crippen molar-refractivity contribution in [3.05, 3.63) is 0 Å². The average molecular weight is 255 g/mol. The molecule has 0 aromatic heterocycles. The third-order valence-electron chi connectivity index (χ3n) is 4.33. The zero-order valence-corrected chi connectivity index (χ0v) is 11.8. The number of piperidine rings is 1. The minimum Gasteiger partial charge on any atom is -0.390 e. The number of likely N-dealkylation sites (tertiary alicyclic amines) is 1. The number of β-amino-alcohol motifs (C(OH)–C–C–N with tert-alkyl or cyclic N) is 1. The van der Waals surface area contributed by atoms with Crippen molar-refractivity contribution in [2.24, 2.45) is 5.92 Å². The van der Waals surface area contributed by atoms with E-state index in [2.05, 4.69) is 22.0 Å². The molecule has 0 aromatic carbocycles. The van der Waals surface area contributed by atoms with Gasteiger partial charge in [-0.1, -0.05) is 13.3 Å². The third-order valence-corrected chi connectivity index (χ3v) is 4.33. The average Bonchev–Trinajstić information content (AvgIpc) is 2.40. The highest BCUT2D eigenvalue weighted by Gasteiger charge is 2.22. The predicted molar refractivity (Wildman–Crippen MR) is 74.8 cm³/mol. The van der Waals surface area contributed by atoms with Crippen molar-refractivity contribution < 1.29 is 5.11 Å². The molecule has 0 aliphatic carbocycles. The van der Waals surface area contributed by atoms with E-state index in [-0.39, 0.29) is 6.10 Å². The molecule has 2 N–H and O–H groups in total. The maximum atomic E-state index is 10.2. The molecule has 106 valence electrons. The summed E-state index contributed by atoms with van der Waals surface area (Å²) in [6.07, 6.45) is 3.78. The topological polar surface area (TPSA) is 38.7 Å². The lowest BCUT2D eigenvalue weighted by atomic mass is 9.95. The summed E-state index contributed by atoms with van der Waals surface area (Å²) < 4.78 is 0. The molecule has 2 unspecified atom stereocenters. The van der Waals surface area contributed by atoms with Gasteiger partial charge in [-0.25, -0.2) is 0 Å². The van der Waals surface area contributed by atoms with Crippen molar-refractivity contribution in [1.29, 1.82) is 0 Å². The molecule has 0 saturated carbocycles. The van der Waals surface area contributed by atoms with Gasteiger partial charge in [0.15, 0.2) is 0 Å². The van der Waals surface area contributed by atoms with Gasteiger partial charge in [-0.2, -0.15) is 0 Å². The second-order valence-corrected chi connectivity index (χ2v) is 5.88. The molecule has 0 radical (unpaired) electrons. The van der Waals surface area contributed by atoms with Crippen LogP contribution >= 0.6 is 0 Å². The Bertz CT molecular complexity index is 231. The number of nitrogens with zero attached hydrogens (tertiary/aromatic N) is 2. The molecule has 18 heavy (non-hydrogen) atoms. The van der Waals surface area contributed by atoms with E-state index in [4.69, 9.17) is 0 Å². The second kappa shape index (κ2) is 7.43. The lowest BCUT2D eigenvalue weighted by molar-refractivity contribution is 0.0533. The molecule has 0 spiro atoms. The summed E-state index contributed by atoms with van der Waals surface area (Å²) in [6, 6.07) is 0. The van der Waals surface area contributed by atoms with Gasteiger partial charge in [0.25, 0.3) is 0 Å². The minimum absolute atomic E-state index is 0.182. The number of aliphatic hydroxyl groups is 1. The normalized spacial score (nSPS) is 29.3. The van der Waals surface area contributed by atoms with Gasteiger partial charge in [0.05, 0.1) is 6.10 Å².